The van der Waals surface area contributed by atoms with Crippen LogP contribution in [0.25, 0.3) is 22.0 Å². The Labute approximate surface area is 178 Å². The van der Waals surface area contributed by atoms with E-state index in [0.29, 0.717) is 4.22 Å². The molecule has 0 saturated carbocycles. The van der Waals surface area contributed by atoms with Gasteiger partial charge in [0.15, 0.2) is 0 Å². The van der Waals surface area contributed by atoms with E-state index in [-0.39, 0.29) is 5.54 Å². The molecule has 1 aromatic heterocycles. The van der Waals surface area contributed by atoms with Gasteiger partial charge in [0.2, 0.25) is 0 Å². The minimum absolute atomic E-state index is 0.124. The Morgan fingerprint density at radius 1 is 1.00 bits per heavy atom. The van der Waals surface area contributed by atoms with Gasteiger partial charge in [0.1, 0.15) is 0 Å². The summed E-state index contributed by atoms with van der Waals surface area (Å²) in [5, 5.41) is 6.83. The third-order valence-electron chi connectivity index (χ3n) is 7.58. The van der Waals surface area contributed by atoms with Crippen molar-refractivity contribution in [3.05, 3.63) is 59.8 Å². The normalized spacial score (nSPS) is 18.0. The van der Waals surface area contributed by atoms with E-state index < -0.39 is 21.5 Å². The van der Waals surface area contributed by atoms with Gasteiger partial charge in [-0.1, -0.05) is 0 Å². The molecule has 2 aromatic carbocycles. The molecule has 155 valence electrons. The van der Waals surface area contributed by atoms with Crippen LogP contribution in [0.2, 0.25) is 23.6 Å². The quantitative estimate of drug-likeness (QED) is 0.441. The molecular weight excluding hydrogens is 404 g/mol. The second-order valence-corrected chi connectivity index (χ2v) is 35.7. The SMILES string of the molecule is CCn1c2c(c3ccccc31)-c1ccccc1[CH]2[Ti]([CH3])([CH3])([NH]C(C)(C)C)[SiH](C)C. The summed E-state index contributed by atoms with van der Waals surface area (Å²) in [6, 6.07) is 18.3. The molecule has 29 heavy (non-hydrogen) atoms. The molecule has 0 fully saturated rings. The molecule has 2 nitrogen and oxygen atoms in total. The van der Waals surface area contributed by atoms with Crippen LogP contribution in [0.4, 0.5) is 0 Å². The van der Waals surface area contributed by atoms with Crippen LogP contribution in [0.5, 0.6) is 0 Å². The van der Waals surface area contributed by atoms with E-state index in [1.807, 2.05) is 0 Å². The van der Waals surface area contributed by atoms with Crippen molar-refractivity contribution in [2.75, 3.05) is 0 Å². The van der Waals surface area contributed by atoms with Crippen molar-refractivity contribution in [3.63, 3.8) is 0 Å². The Morgan fingerprint density at radius 2 is 1.62 bits per heavy atom. The van der Waals surface area contributed by atoms with Crippen molar-refractivity contribution in [3.8, 4) is 11.1 Å². The average Bonchev–Trinajstić information content (AvgIpc) is 3.12. The van der Waals surface area contributed by atoms with E-state index in [4.69, 9.17) is 0 Å². The zero-order valence-corrected chi connectivity index (χ0v) is 22.1. The Hall–Kier alpha value is -1.13. The Balaban J connectivity index is 2.14. The molecular formula is C25H37N2SiTi. The first kappa shape index (κ1) is 21.1. The fraction of sp³-hybridized carbons (Fsp3) is 0.440. The summed E-state index contributed by atoms with van der Waals surface area (Å²) in [5.74, 6) is 0. The predicted molar refractivity (Wildman–Crippen MR) is 128 cm³/mol. The molecule has 1 aliphatic carbocycles. The molecule has 1 heterocycles. The van der Waals surface area contributed by atoms with E-state index in [1.54, 1.807) is 11.3 Å². The molecule has 1 unspecified atom stereocenters. The van der Waals surface area contributed by atoms with Crippen molar-refractivity contribution in [2.45, 2.75) is 67.6 Å². The molecule has 4 heteroatoms. The minimum atomic E-state index is -3.16. The number of hydrogen-bond acceptors (Lipinski definition) is 1. The molecule has 0 bridgehead atoms. The van der Waals surface area contributed by atoms with E-state index >= 15 is 0 Å². The number of hydrogen-bond donors (Lipinski definition) is 1. The summed E-state index contributed by atoms with van der Waals surface area (Å²) < 4.78 is 7.52. The monoisotopic (exact) mass is 441 g/mol. The molecule has 1 atom stereocenters. The predicted octanol–water partition coefficient (Wildman–Crippen LogP) is 6.80. The number of rotatable bonds is 4. The van der Waals surface area contributed by atoms with Crippen LogP contribution in [-0.4, -0.2) is 16.8 Å². The Morgan fingerprint density at radius 3 is 2.24 bits per heavy atom. The second-order valence-electron chi connectivity index (χ2n) is 11.2. The Kier molecular flexibility index (Phi) is 4.87. The van der Waals surface area contributed by atoms with Crippen LogP contribution >= 0.6 is 0 Å². The first-order chi connectivity index (χ1) is 13.5. The summed E-state index contributed by atoms with van der Waals surface area (Å²) >= 11 is -3.16. The number of nitrogens with zero attached hydrogens (tertiary/aromatic N) is 1. The number of benzene rings is 2. The molecule has 4 rings (SSSR count). The molecule has 0 aliphatic heterocycles. The Bertz CT molecular complexity index is 1090. The summed E-state index contributed by atoms with van der Waals surface area (Å²) in [5.41, 5.74) is 7.67. The van der Waals surface area contributed by atoms with Crippen molar-refractivity contribution in [1.29, 1.82) is 0 Å². The van der Waals surface area contributed by atoms with Gasteiger partial charge in [-0.25, -0.2) is 0 Å². The maximum absolute atomic E-state index is 4.37. The topological polar surface area (TPSA) is 17.0 Å². The summed E-state index contributed by atoms with van der Waals surface area (Å²) in [4.78, 5) is 0. The number of aryl methyl sites for hydroxylation is 1. The van der Waals surface area contributed by atoms with Crippen LogP contribution in [0.15, 0.2) is 48.5 Å². The standard InChI is InChI=1S/C17H14N.C4H10N.C2H7Si.2CH3.Ti/c1-2-18-15-10-6-5-9-14(15)17-13-8-4-3-7-12(13)11-16(17)18;1-4(2,3)5;1-3-2;;;/h3-11H,2H2,1H3;5H,1-3H3;3H,1-2H3;2*1H3;/q;-1;;;;+1. The van der Waals surface area contributed by atoms with Gasteiger partial charge in [0.05, 0.1) is 0 Å². The van der Waals surface area contributed by atoms with Crippen LogP contribution in [-0.2, 0) is 21.4 Å². The van der Waals surface area contributed by atoms with Gasteiger partial charge < -0.3 is 0 Å². The fourth-order valence-corrected chi connectivity index (χ4v) is 22.2. The molecule has 3 aromatic rings. The average molecular weight is 442 g/mol. The van der Waals surface area contributed by atoms with Gasteiger partial charge in [0.25, 0.3) is 0 Å². The molecule has 1 aliphatic rings. The van der Waals surface area contributed by atoms with E-state index in [2.05, 4.69) is 108 Å². The fourth-order valence-electron chi connectivity index (χ4n) is 6.00. The van der Waals surface area contributed by atoms with Crippen molar-refractivity contribution in [1.82, 2.24) is 8.37 Å². The number of para-hydroxylation sites is 1. The number of fused-ring (bicyclic) bond motifs is 5. The third-order valence-corrected chi connectivity index (χ3v) is 35.8. The van der Waals surface area contributed by atoms with E-state index in [9.17, 15) is 0 Å². The van der Waals surface area contributed by atoms with Gasteiger partial charge in [-0.3, -0.25) is 0 Å². The third kappa shape index (κ3) is 3.05. The van der Waals surface area contributed by atoms with Gasteiger partial charge in [0, 0.05) is 0 Å². The van der Waals surface area contributed by atoms with Crippen LogP contribution < -0.4 is 3.80 Å². The molecule has 1 N–H and O–H groups in total. The van der Waals surface area contributed by atoms with Crippen molar-refractivity contribution >= 4 is 17.6 Å². The molecule has 0 amide bonds. The van der Waals surface area contributed by atoms with Crippen LogP contribution in [0.1, 0.15) is 43.2 Å². The van der Waals surface area contributed by atoms with Crippen LogP contribution in [0, 0.1) is 0 Å². The summed E-state index contributed by atoms with van der Waals surface area (Å²) in [6.45, 7) is 14.6. The van der Waals surface area contributed by atoms with Gasteiger partial charge in [-0.15, -0.1) is 0 Å². The van der Waals surface area contributed by atoms with E-state index in [1.165, 1.54) is 22.0 Å². The molecule has 0 radical (unpaired) electrons. The van der Waals surface area contributed by atoms with Gasteiger partial charge in [-0.05, 0) is 0 Å². The number of nitrogens with one attached hydrogen (secondary N) is 1. The summed E-state index contributed by atoms with van der Waals surface area (Å²) in [6.07, 6.45) is 0. The van der Waals surface area contributed by atoms with Crippen molar-refractivity contribution < 1.29 is 14.8 Å². The zero-order valence-electron chi connectivity index (χ0n) is 19.4. The second kappa shape index (κ2) is 6.68. The van der Waals surface area contributed by atoms with Gasteiger partial charge >= 0.3 is 179 Å². The first-order valence-electron chi connectivity index (χ1n) is 11.2. The van der Waals surface area contributed by atoms with Gasteiger partial charge in [-0.2, -0.15) is 0 Å². The summed E-state index contributed by atoms with van der Waals surface area (Å²) in [7, 11) is 0. The molecule has 0 spiro atoms. The van der Waals surface area contributed by atoms with Crippen molar-refractivity contribution in [2.24, 2.45) is 0 Å². The van der Waals surface area contributed by atoms with E-state index in [0.717, 1.165) is 6.54 Å². The maximum atomic E-state index is 4.37. The first-order valence-corrected chi connectivity index (χ1v) is 21.6. The zero-order chi connectivity index (χ0) is 21.2. The number of aromatic nitrogens is 1. The van der Waals surface area contributed by atoms with Crippen LogP contribution in [0.3, 0.4) is 0 Å². The molecule has 0 saturated heterocycles.